The minimum atomic E-state index is -1.04. The predicted molar refractivity (Wildman–Crippen MR) is 102 cm³/mol. The van der Waals surface area contributed by atoms with E-state index in [9.17, 15) is 14.7 Å². The zero-order valence-corrected chi connectivity index (χ0v) is 15.8. The largest absolute Gasteiger partial charge is 0.480 e. The molecule has 1 N–H and O–H groups in total. The third kappa shape index (κ3) is 4.57. The van der Waals surface area contributed by atoms with Crippen LogP contribution < -0.4 is 0 Å². The monoisotopic (exact) mass is 371 g/mol. The quantitative estimate of drug-likeness (QED) is 0.884. The summed E-state index contributed by atoms with van der Waals surface area (Å²) in [7, 11) is 0. The predicted octanol–water partition coefficient (Wildman–Crippen LogP) is 3.82. The SMILES string of the molecule is CC(C)(C)OC(=O)N1CC(OCc2cccc3ccccc23)C[C@H]1C(=O)O. The lowest BCUT2D eigenvalue weighted by atomic mass is 10.1. The van der Waals surface area contributed by atoms with Crippen molar-refractivity contribution in [2.45, 2.75) is 51.5 Å². The molecule has 1 heterocycles. The molecule has 3 rings (SSSR count). The highest BCUT2D eigenvalue weighted by Crippen LogP contribution is 2.26. The van der Waals surface area contributed by atoms with E-state index in [0.29, 0.717) is 6.61 Å². The van der Waals surface area contributed by atoms with Gasteiger partial charge in [0.2, 0.25) is 0 Å². The van der Waals surface area contributed by atoms with Gasteiger partial charge >= 0.3 is 12.1 Å². The molecule has 1 saturated heterocycles. The Morgan fingerprint density at radius 3 is 2.56 bits per heavy atom. The van der Waals surface area contributed by atoms with Crippen LogP contribution >= 0.6 is 0 Å². The van der Waals surface area contributed by atoms with Crippen molar-refractivity contribution in [1.29, 1.82) is 0 Å². The number of hydrogen-bond acceptors (Lipinski definition) is 4. The van der Waals surface area contributed by atoms with E-state index in [1.807, 2.05) is 42.5 Å². The van der Waals surface area contributed by atoms with Gasteiger partial charge in [-0.15, -0.1) is 0 Å². The molecule has 6 nitrogen and oxygen atoms in total. The summed E-state index contributed by atoms with van der Waals surface area (Å²) in [5, 5.41) is 11.7. The number of carbonyl (C=O) groups is 2. The maximum absolute atomic E-state index is 12.4. The molecule has 2 aromatic carbocycles. The number of carboxylic acids is 1. The number of ether oxygens (including phenoxy) is 2. The van der Waals surface area contributed by atoms with Gasteiger partial charge in [-0.1, -0.05) is 42.5 Å². The van der Waals surface area contributed by atoms with Crippen molar-refractivity contribution in [2.75, 3.05) is 6.54 Å². The summed E-state index contributed by atoms with van der Waals surface area (Å²) in [6.07, 6.45) is -0.719. The zero-order valence-electron chi connectivity index (χ0n) is 15.8. The molecular formula is C21H25NO5. The zero-order chi connectivity index (χ0) is 19.6. The van der Waals surface area contributed by atoms with Crippen molar-refractivity contribution in [3.63, 3.8) is 0 Å². The number of carboxylic acid groups (broad SMARTS) is 1. The van der Waals surface area contributed by atoms with Crippen molar-refractivity contribution >= 4 is 22.8 Å². The van der Waals surface area contributed by atoms with Gasteiger partial charge in [-0.25, -0.2) is 9.59 Å². The van der Waals surface area contributed by atoms with Crippen LogP contribution in [-0.4, -0.2) is 46.4 Å². The van der Waals surface area contributed by atoms with Crippen LogP contribution in [0.5, 0.6) is 0 Å². The van der Waals surface area contributed by atoms with Crippen LogP contribution in [0.4, 0.5) is 4.79 Å². The molecule has 0 radical (unpaired) electrons. The molecule has 1 amide bonds. The summed E-state index contributed by atoms with van der Waals surface area (Å²) < 4.78 is 11.3. The molecule has 1 unspecified atom stereocenters. The Labute approximate surface area is 158 Å². The van der Waals surface area contributed by atoms with Crippen LogP contribution in [0, 0.1) is 0 Å². The highest BCUT2D eigenvalue weighted by molar-refractivity contribution is 5.85. The first-order valence-electron chi connectivity index (χ1n) is 9.05. The number of nitrogens with zero attached hydrogens (tertiary/aromatic N) is 1. The molecule has 27 heavy (non-hydrogen) atoms. The fraction of sp³-hybridized carbons (Fsp3) is 0.429. The van der Waals surface area contributed by atoms with Crippen LogP contribution in [0.3, 0.4) is 0 Å². The van der Waals surface area contributed by atoms with Gasteiger partial charge in [0.15, 0.2) is 0 Å². The van der Waals surface area contributed by atoms with Gasteiger partial charge < -0.3 is 14.6 Å². The Kier molecular flexibility index (Phi) is 5.37. The van der Waals surface area contributed by atoms with Gasteiger partial charge in [0.1, 0.15) is 11.6 Å². The fourth-order valence-electron chi connectivity index (χ4n) is 3.30. The van der Waals surface area contributed by atoms with E-state index in [0.717, 1.165) is 16.3 Å². The van der Waals surface area contributed by atoms with E-state index in [1.54, 1.807) is 20.8 Å². The lowest BCUT2D eigenvalue weighted by molar-refractivity contribution is -0.142. The van der Waals surface area contributed by atoms with E-state index in [1.165, 1.54) is 4.90 Å². The average Bonchev–Trinajstić information content (AvgIpc) is 3.03. The summed E-state index contributed by atoms with van der Waals surface area (Å²) in [5.41, 5.74) is 0.359. The maximum Gasteiger partial charge on any atom is 0.411 e. The molecule has 1 aliphatic heterocycles. The van der Waals surface area contributed by atoms with Gasteiger partial charge in [0.05, 0.1) is 19.3 Å². The van der Waals surface area contributed by atoms with Crippen molar-refractivity contribution in [3.05, 3.63) is 48.0 Å². The molecule has 0 bridgehead atoms. The molecule has 6 heteroatoms. The third-order valence-electron chi connectivity index (χ3n) is 4.53. The second-order valence-electron chi connectivity index (χ2n) is 7.79. The molecule has 0 saturated carbocycles. The van der Waals surface area contributed by atoms with Gasteiger partial charge in [-0.2, -0.15) is 0 Å². The lowest BCUT2D eigenvalue weighted by Gasteiger charge is -2.26. The van der Waals surface area contributed by atoms with Crippen molar-refractivity contribution < 1.29 is 24.2 Å². The summed E-state index contributed by atoms with van der Waals surface area (Å²) in [4.78, 5) is 25.2. The molecule has 1 fully saturated rings. The van der Waals surface area contributed by atoms with Crippen molar-refractivity contribution in [2.24, 2.45) is 0 Å². The van der Waals surface area contributed by atoms with Crippen LogP contribution in [0.25, 0.3) is 10.8 Å². The summed E-state index contributed by atoms with van der Waals surface area (Å²) >= 11 is 0. The summed E-state index contributed by atoms with van der Waals surface area (Å²) in [6.45, 7) is 5.83. The van der Waals surface area contributed by atoms with E-state index >= 15 is 0 Å². The second kappa shape index (κ2) is 7.56. The molecule has 0 spiro atoms. The number of likely N-dealkylation sites (tertiary alicyclic amines) is 1. The Morgan fingerprint density at radius 2 is 1.85 bits per heavy atom. The minimum Gasteiger partial charge on any atom is -0.480 e. The van der Waals surface area contributed by atoms with Gasteiger partial charge in [0, 0.05) is 6.42 Å². The third-order valence-corrected chi connectivity index (χ3v) is 4.53. The lowest BCUT2D eigenvalue weighted by Crippen LogP contribution is -2.43. The summed E-state index contributed by atoms with van der Waals surface area (Å²) in [5.74, 6) is -1.04. The first kappa shape index (κ1) is 19.2. The Hall–Kier alpha value is -2.60. The van der Waals surface area contributed by atoms with Crippen LogP contribution in [0.1, 0.15) is 32.8 Å². The Morgan fingerprint density at radius 1 is 1.15 bits per heavy atom. The molecular weight excluding hydrogens is 346 g/mol. The first-order chi connectivity index (χ1) is 12.7. The van der Waals surface area contributed by atoms with Crippen LogP contribution in [0.15, 0.2) is 42.5 Å². The normalized spacial score (nSPS) is 20.0. The number of aliphatic carboxylic acids is 1. The van der Waals surface area contributed by atoms with Gasteiger partial charge in [-0.3, -0.25) is 4.90 Å². The van der Waals surface area contributed by atoms with E-state index in [-0.39, 0.29) is 19.1 Å². The molecule has 2 aromatic rings. The van der Waals surface area contributed by atoms with Crippen LogP contribution in [0.2, 0.25) is 0 Å². The smallest absolute Gasteiger partial charge is 0.411 e. The highest BCUT2D eigenvalue weighted by Gasteiger charge is 2.42. The Balaban J connectivity index is 1.69. The van der Waals surface area contributed by atoms with E-state index in [4.69, 9.17) is 9.47 Å². The Bertz CT molecular complexity index is 837. The minimum absolute atomic E-state index is 0.205. The highest BCUT2D eigenvalue weighted by atomic mass is 16.6. The molecule has 0 aromatic heterocycles. The van der Waals surface area contributed by atoms with Crippen molar-refractivity contribution in [3.8, 4) is 0 Å². The fourth-order valence-corrected chi connectivity index (χ4v) is 3.30. The van der Waals surface area contributed by atoms with Crippen molar-refractivity contribution in [1.82, 2.24) is 4.90 Å². The standard InChI is InChI=1S/C21H25NO5/c1-21(2,3)27-20(25)22-12-16(11-18(22)19(23)24)26-13-15-9-6-8-14-7-4-5-10-17(14)15/h4-10,16,18H,11-13H2,1-3H3,(H,23,24)/t16?,18-/m0/s1. The second-order valence-corrected chi connectivity index (χ2v) is 7.79. The average molecular weight is 371 g/mol. The molecule has 2 atom stereocenters. The molecule has 144 valence electrons. The van der Waals surface area contributed by atoms with E-state index < -0.39 is 23.7 Å². The molecule has 1 aliphatic rings. The number of rotatable bonds is 4. The van der Waals surface area contributed by atoms with Crippen LogP contribution in [-0.2, 0) is 20.9 Å². The van der Waals surface area contributed by atoms with E-state index in [2.05, 4.69) is 0 Å². The number of amides is 1. The van der Waals surface area contributed by atoms with Gasteiger partial charge in [0.25, 0.3) is 0 Å². The number of carbonyl (C=O) groups excluding carboxylic acids is 1. The first-order valence-corrected chi connectivity index (χ1v) is 9.05. The number of hydrogen-bond donors (Lipinski definition) is 1. The maximum atomic E-state index is 12.4. The summed E-state index contributed by atoms with van der Waals surface area (Å²) in [6, 6.07) is 13.1. The number of benzene rings is 2. The van der Waals surface area contributed by atoms with Gasteiger partial charge in [-0.05, 0) is 37.1 Å². The topological polar surface area (TPSA) is 76.1 Å². The number of fused-ring (bicyclic) bond motifs is 1. The molecule has 0 aliphatic carbocycles.